The van der Waals surface area contributed by atoms with Crippen molar-refractivity contribution in [3.8, 4) is 0 Å². The van der Waals surface area contributed by atoms with Crippen molar-refractivity contribution in [3.05, 3.63) is 34.1 Å². The first-order chi connectivity index (χ1) is 8.81. The molecule has 0 atom stereocenters. The quantitative estimate of drug-likeness (QED) is 0.856. The standard InChI is InChI=1S/C15H23BrFNO/c1-15(2,3)11-18(7-4-8-19)10-12-5-6-13(16)9-14(12)17/h5-6,9,19H,4,7-8,10-11H2,1-3H3. The van der Waals surface area contributed by atoms with E-state index in [9.17, 15) is 4.39 Å². The van der Waals surface area contributed by atoms with E-state index in [-0.39, 0.29) is 17.8 Å². The largest absolute Gasteiger partial charge is 0.396 e. The van der Waals surface area contributed by atoms with E-state index >= 15 is 0 Å². The van der Waals surface area contributed by atoms with E-state index in [0.29, 0.717) is 18.5 Å². The second-order valence-corrected chi connectivity index (χ2v) is 7.00. The van der Waals surface area contributed by atoms with Crippen molar-refractivity contribution in [2.45, 2.75) is 33.7 Å². The van der Waals surface area contributed by atoms with Crippen LogP contribution in [0.5, 0.6) is 0 Å². The second-order valence-electron chi connectivity index (χ2n) is 6.08. The van der Waals surface area contributed by atoms with Crippen molar-refractivity contribution < 1.29 is 9.50 Å². The predicted molar refractivity (Wildman–Crippen MR) is 80.5 cm³/mol. The van der Waals surface area contributed by atoms with Crippen LogP contribution in [0.1, 0.15) is 32.8 Å². The minimum Gasteiger partial charge on any atom is -0.396 e. The van der Waals surface area contributed by atoms with Crippen LogP contribution in [-0.4, -0.2) is 29.7 Å². The molecule has 0 saturated carbocycles. The molecule has 0 fully saturated rings. The fourth-order valence-corrected chi connectivity index (χ4v) is 2.40. The first kappa shape index (κ1) is 16.6. The van der Waals surface area contributed by atoms with Gasteiger partial charge in [0.2, 0.25) is 0 Å². The van der Waals surface area contributed by atoms with E-state index in [1.165, 1.54) is 6.07 Å². The van der Waals surface area contributed by atoms with Gasteiger partial charge in [-0.15, -0.1) is 0 Å². The zero-order valence-corrected chi connectivity index (χ0v) is 13.5. The van der Waals surface area contributed by atoms with Crippen molar-refractivity contribution in [2.75, 3.05) is 19.7 Å². The molecule has 2 nitrogen and oxygen atoms in total. The van der Waals surface area contributed by atoms with E-state index in [0.717, 1.165) is 17.6 Å². The summed E-state index contributed by atoms with van der Waals surface area (Å²) in [6, 6.07) is 5.17. The Hall–Kier alpha value is -0.450. The molecule has 0 radical (unpaired) electrons. The Bertz CT molecular complexity index is 404. The van der Waals surface area contributed by atoms with Gasteiger partial charge in [0, 0.05) is 36.3 Å². The van der Waals surface area contributed by atoms with E-state index in [4.69, 9.17) is 5.11 Å². The molecule has 108 valence electrons. The molecule has 19 heavy (non-hydrogen) atoms. The van der Waals surface area contributed by atoms with E-state index in [2.05, 4.69) is 41.6 Å². The average Bonchev–Trinajstić information content (AvgIpc) is 2.27. The zero-order chi connectivity index (χ0) is 14.5. The first-order valence-corrected chi connectivity index (χ1v) is 7.38. The summed E-state index contributed by atoms with van der Waals surface area (Å²) >= 11 is 3.27. The molecule has 0 unspecified atom stereocenters. The third kappa shape index (κ3) is 6.50. The van der Waals surface area contributed by atoms with Crippen LogP contribution in [0.4, 0.5) is 4.39 Å². The number of aliphatic hydroxyl groups is 1. The number of rotatable bonds is 6. The highest BCUT2D eigenvalue weighted by atomic mass is 79.9. The lowest BCUT2D eigenvalue weighted by atomic mass is 9.95. The fraction of sp³-hybridized carbons (Fsp3) is 0.600. The van der Waals surface area contributed by atoms with Gasteiger partial charge >= 0.3 is 0 Å². The Kier molecular flexibility index (Phi) is 6.43. The molecule has 0 aromatic heterocycles. The number of benzene rings is 1. The number of hydrogen-bond donors (Lipinski definition) is 1. The number of nitrogens with zero attached hydrogens (tertiary/aromatic N) is 1. The van der Waals surface area contributed by atoms with Gasteiger partial charge in [0.05, 0.1) is 0 Å². The van der Waals surface area contributed by atoms with Crippen LogP contribution in [0.25, 0.3) is 0 Å². The summed E-state index contributed by atoms with van der Waals surface area (Å²) in [7, 11) is 0. The van der Waals surface area contributed by atoms with Gasteiger partial charge in [0.1, 0.15) is 5.82 Å². The molecule has 0 amide bonds. The SMILES string of the molecule is CC(C)(C)CN(CCCO)Cc1ccc(Br)cc1F. The van der Waals surface area contributed by atoms with E-state index < -0.39 is 0 Å². The summed E-state index contributed by atoms with van der Waals surface area (Å²) in [6.45, 7) is 8.90. The summed E-state index contributed by atoms with van der Waals surface area (Å²) in [5.74, 6) is -0.183. The number of halogens is 2. The molecular weight excluding hydrogens is 309 g/mol. The van der Waals surface area contributed by atoms with Crippen molar-refractivity contribution in [1.82, 2.24) is 4.90 Å². The van der Waals surface area contributed by atoms with Gasteiger partial charge in [0.15, 0.2) is 0 Å². The molecule has 0 spiro atoms. The van der Waals surface area contributed by atoms with E-state index in [1.807, 2.05) is 12.1 Å². The fourth-order valence-electron chi connectivity index (χ4n) is 2.07. The maximum atomic E-state index is 13.9. The molecule has 0 aliphatic heterocycles. The first-order valence-electron chi connectivity index (χ1n) is 6.59. The maximum absolute atomic E-state index is 13.9. The minimum atomic E-state index is -0.183. The van der Waals surface area contributed by atoms with Crippen LogP contribution in [0, 0.1) is 11.2 Å². The Labute approximate surface area is 123 Å². The third-order valence-corrected chi connectivity index (χ3v) is 3.23. The number of hydrogen-bond acceptors (Lipinski definition) is 2. The monoisotopic (exact) mass is 331 g/mol. The van der Waals surface area contributed by atoms with Gasteiger partial charge in [-0.3, -0.25) is 4.90 Å². The zero-order valence-electron chi connectivity index (χ0n) is 11.9. The summed E-state index contributed by atoms with van der Waals surface area (Å²) in [6.07, 6.45) is 0.716. The van der Waals surface area contributed by atoms with Gasteiger partial charge in [-0.05, 0) is 24.0 Å². The molecule has 1 rings (SSSR count). The molecule has 0 bridgehead atoms. The smallest absolute Gasteiger partial charge is 0.128 e. The van der Waals surface area contributed by atoms with Crippen LogP contribution in [0.3, 0.4) is 0 Å². The second kappa shape index (κ2) is 7.36. The van der Waals surface area contributed by atoms with Gasteiger partial charge in [-0.1, -0.05) is 42.8 Å². The van der Waals surface area contributed by atoms with Gasteiger partial charge in [0.25, 0.3) is 0 Å². The molecule has 0 saturated heterocycles. The Morgan fingerprint density at radius 2 is 2.00 bits per heavy atom. The van der Waals surface area contributed by atoms with Crippen LogP contribution < -0.4 is 0 Å². The van der Waals surface area contributed by atoms with Gasteiger partial charge in [-0.2, -0.15) is 0 Å². The van der Waals surface area contributed by atoms with Crippen molar-refractivity contribution in [3.63, 3.8) is 0 Å². The molecule has 1 N–H and O–H groups in total. The van der Waals surface area contributed by atoms with Crippen molar-refractivity contribution in [2.24, 2.45) is 5.41 Å². The average molecular weight is 332 g/mol. The lowest BCUT2D eigenvalue weighted by Gasteiger charge is -2.30. The molecule has 0 aliphatic rings. The highest BCUT2D eigenvalue weighted by Crippen LogP contribution is 2.20. The molecule has 1 aromatic carbocycles. The van der Waals surface area contributed by atoms with Crippen molar-refractivity contribution in [1.29, 1.82) is 0 Å². The lowest BCUT2D eigenvalue weighted by molar-refractivity contribution is 0.164. The molecule has 0 aliphatic carbocycles. The van der Waals surface area contributed by atoms with Crippen molar-refractivity contribution >= 4 is 15.9 Å². The highest BCUT2D eigenvalue weighted by Gasteiger charge is 2.17. The van der Waals surface area contributed by atoms with Crippen LogP contribution in [0.15, 0.2) is 22.7 Å². The van der Waals surface area contributed by atoms with Crippen LogP contribution in [0.2, 0.25) is 0 Å². The normalized spacial score (nSPS) is 12.2. The number of aliphatic hydroxyl groups excluding tert-OH is 1. The molecular formula is C15H23BrFNO. The van der Waals surface area contributed by atoms with E-state index in [1.54, 1.807) is 0 Å². The summed E-state index contributed by atoms with van der Waals surface area (Å²) < 4.78 is 14.6. The molecule has 0 heterocycles. The minimum absolute atomic E-state index is 0.154. The molecule has 1 aromatic rings. The highest BCUT2D eigenvalue weighted by molar-refractivity contribution is 9.10. The third-order valence-electron chi connectivity index (χ3n) is 2.74. The summed E-state index contributed by atoms with van der Waals surface area (Å²) in [5.41, 5.74) is 0.853. The Morgan fingerprint density at radius 3 is 2.53 bits per heavy atom. The van der Waals surface area contributed by atoms with Gasteiger partial charge < -0.3 is 5.11 Å². The maximum Gasteiger partial charge on any atom is 0.128 e. The Balaban J connectivity index is 2.75. The lowest BCUT2D eigenvalue weighted by Crippen LogP contribution is -2.33. The summed E-state index contributed by atoms with van der Waals surface area (Å²) in [4.78, 5) is 2.20. The molecule has 4 heteroatoms. The van der Waals surface area contributed by atoms with Gasteiger partial charge in [-0.25, -0.2) is 4.39 Å². The Morgan fingerprint density at radius 1 is 1.32 bits per heavy atom. The topological polar surface area (TPSA) is 23.5 Å². The van der Waals surface area contributed by atoms with Crippen LogP contribution >= 0.6 is 15.9 Å². The predicted octanol–water partition coefficient (Wildman–Crippen LogP) is 3.82. The summed E-state index contributed by atoms with van der Waals surface area (Å²) in [5, 5.41) is 8.96. The van der Waals surface area contributed by atoms with Crippen LogP contribution in [-0.2, 0) is 6.54 Å².